The summed E-state index contributed by atoms with van der Waals surface area (Å²) in [6.07, 6.45) is 4.07. The molecular weight excluding hydrogens is 296 g/mol. The first-order valence-electron chi connectivity index (χ1n) is 8.71. The minimum atomic E-state index is 0.308. The molecule has 2 aromatic carbocycles. The molecule has 0 fully saturated rings. The van der Waals surface area contributed by atoms with Crippen molar-refractivity contribution in [2.45, 2.75) is 32.6 Å². The molecule has 0 bridgehead atoms. The fourth-order valence-corrected chi connectivity index (χ4v) is 3.20. The van der Waals surface area contributed by atoms with Gasteiger partial charge in [0.15, 0.2) is 0 Å². The molecular formula is C21H26N2O. The Bertz CT molecular complexity index is 806. The molecule has 1 aromatic heterocycles. The summed E-state index contributed by atoms with van der Waals surface area (Å²) in [7, 11) is 0. The number of fused-ring (bicyclic) bond motifs is 1. The SMILES string of the molecule is CCCOc1ccc(C(CN)Cc2c[nH]c3ccccc23)cc1C. The highest BCUT2D eigenvalue weighted by Crippen LogP contribution is 2.28. The van der Waals surface area contributed by atoms with Gasteiger partial charge in [-0.2, -0.15) is 0 Å². The summed E-state index contributed by atoms with van der Waals surface area (Å²) >= 11 is 0. The lowest BCUT2D eigenvalue weighted by atomic mass is 9.91. The molecule has 3 aromatic rings. The molecule has 3 N–H and O–H groups in total. The Labute approximate surface area is 143 Å². The number of aryl methyl sites for hydroxylation is 1. The van der Waals surface area contributed by atoms with Crippen molar-refractivity contribution in [1.82, 2.24) is 4.98 Å². The third kappa shape index (κ3) is 3.46. The predicted octanol–water partition coefficient (Wildman–Crippen LogP) is 4.55. The average molecular weight is 322 g/mol. The number of para-hydroxylation sites is 1. The molecule has 0 aliphatic heterocycles. The molecule has 0 aliphatic carbocycles. The summed E-state index contributed by atoms with van der Waals surface area (Å²) < 4.78 is 5.78. The molecule has 3 heteroatoms. The van der Waals surface area contributed by atoms with Crippen LogP contribution in [0.4, 0.5) is 0 Å². The third-order valence-corrected chi connectivity index (χ3v) is 4.56. The van der Waals surface area contributed by atoms with Crippen molar-refractivity contribution in [2.75, 3.05) is 13.2 Å². The topological polar surface area (TPSA) is 51.0 Å². The Hall–Kier alpha value is -2.26. The zero-order valence-corrected chi connectivity index (χ0v) is 14.5. The minimum absolute atomic E-state index is 0.308. The molecule has 0 amide bonds. The van der Waals surface area contributed by atoms with Crippen LogP contribution < -0.4 is 10.5 Å². The van der Waals surface area contributed by atoms with Gasteiger partial charge in [0.05, 0.1) is 6.61 Å². The van der Waals surface area contributed by atoms with Crippen molar-refractivity contribution in [3.63, 3.8) is 0 Å². The van der Waals surface area contributed by atoms with E-state index in [1.54, 1.807) is 0 Å². The Balaban J connectivity index is 1.82. The smallest absolute Gasteiger partial charge is 0.122 e. The number of nitrogens with one attached hydrogen (secondary N) is 1. The van der Waals surface area contributed by atoms with Crippen LogP contribution in [0.1, 0.15) is 36.0 Å². The number of aromatic amines is 1. The second kappa shape index (κ2) is 7.54. The quantitative estimate of drug-likeness (QED) is 0.670. The van der Waals surface area contributed by atoms with Crippen LogP contribution >= 0.6 is 0 Å². The van der Waals surface area contributed by atoms with Crippen molar-refractivity contribution in [1.29, 1.82) is 0 Å². The largest absolute Gasteiger partial charge is 0.493 e. The van der Waals surface area contributed by atoms with Gasteiger partial charge in [0.2, 0.25) is 0 Å². The average Bonchev–Trinajstić information content (AvgIpc) is 3.01. The zero-order valence-electron chi connectivity index (χ0n) is 14.5. The van der Waals surface area contributed by atoms with Crippen LogP contribution in [0.25, 0.3) is 10.9 Å². The van der Waals surface area contributed by atoms with E-state index in [0.717, 1.165) is 25.2 Å². The first-order chi connectivity index (χ1) is 11.7. The lowest BCUT2D eigenvalue weighted by Gasteiger charge is -2.17. The second-order valence-corrected chi connectivity index (χ2v) is 6.37. The molecule has 0 aliphatic rings. The molecule has 1 atom stereocenters. The number of H-pyrrole nitrogens is 1. The summed E-state index contributed by atoms with van der Waals surface area (Å²) in [5.41, 5.74) is 11.1. The summed E-state index contributed by atoms with van der Waals surface area (Å²) in [5, 5.41) is 1.29. The van der Waals surface area contributed by atoms with Crippen molar-refractivity contribution in [2.24, 2.45) is 5.73 Å². The van der Waals surface area contributed by atoms with Crippen LogP contribution in [-0.2, 0) is 6.42 Å². The van der Waals surface area contributed by atoms with Crippen LogP contribution in [-0.4, -0.2) is 18.1 Å². The third-order valence-electron chi connectivity index (χ3n) is 4.56. The van der Waals surface area contributed by atoms with E-state index in [2.05, 4.69) is 67.5 Å². The lowest BCUT2D eigenvalue weighted by molar-refractivity contribution is 0.315. The number of hydrogen-bond acceptors (Lipinski definition) is 2. The highest BCUT2D eigenvalue weighted by molar-refractivity contribution is 5.83. The summed E-state index contributed by atoms with van der Waals surface area (Å²) in [6.45, 7) is 5.62. The molecule has 0 radical (unpaired) electrons. The monoisotopic (exact) mass is 322 g/mol. The Kier molecular flexibility index (Phi) is 5.21. The van der Waals surface area contributed by atoms with Gasteiger partial charge >= 0.3 is 0 Å². The first-order valence-corrected chi connectivity index (χ1v) is 8.71. The molecule has 0 saturated heterocycles. The van der Waals surface area contributed by atoms with Crippen molar-refractivity contribution >= 4 is 10.9 Å². The van der Waals surface area contributed by atoms with Crippen LogP contribution in [0.2, 0.25) is 0 Å². The minimum Gasteiger partial charge on any atom is -0.493 e. The maximum Gasteiger partial charge on any atom is 0.122 e. The molecule has 1 unspecified atom stereocenters. The lowest BCUT2D eigenvalue weighted by Crippen LogP contribution is -2.15. The zero-order chi connectivity index (χ0) is 16.9. The van der Waals surface area contributed by atoms with E-state index < -0.39 is 0 Å². The number of rotatable bonds is 7. The van der Waals surface area contributed by atoms with E-state index in [-0.39, 0.29) is 0 Å². The van der Waals surface area contributed by atoms with E-state index in [1.165, 1.54) is 27.6 Å². The van der Waals surface area contributed by atoms with Gasteiger partial charge in [-0.15, -0.1) is 0 Å². The van der Waals surface area contributed by atoms with Crippen LogP contribution in [0.3, 0.4) is 0 Å². The van der Waals surface area contributed by atoms with Gasteiger partial charge in [0.1, 0.15) is 5.75 Å². The number of aromatic nitrogens is 1. The molecule has 126 valence electrons. The normalized spacial score (nSPS) is 12.5. The fraction of sp³-hybridized carbons (Fsp3) is 0.333. The van der Waals surface area contributed by atoms with Gasteiger partial charge in [0.25, 0.3) is 0 Å². The van der Waals surface area contributed by atoms with Crippen molar-refractivity contribution in [3.8, 4) is 5.75 Å². The standard InChI is InChI=1S/C21H26N2O/c1-3-10-24-21-9-8-16(11-15(21)2)17(13-22)12-18-14-23-20-7-5-4-6-19(18)20/h4-9,11,14,17,23H,3,10,12-13,22H2,1-2H3. The molecule has 3 nitrogen and oxygen atoms in total. The summed E-state index contributed by atoms with van der Waals surface area (Å²) in [5.74, 6) is 1.28. The Morgan fingerprint density at radius 1 is 1.17 bits per heavy atom. The Morgan fingerprint density at radius 3 is 2.75 bits per heavy atom. The van der Waals surface area contributed by atoms with Crippen molar-refractivity contribution < 1.29 is 4.74 Å². The van der Waals surface area contributed by atoms with Crippen LogP contribution in [0.5, 0.6) is 5.75 Å². The van der Waals surface area contributed by atoms with E-state index in [1.807, 2.05) is 0 Å². The molecule has 1 heterocycles. The van der Waals surface area contributed by atoms with Crippen molar-refractivity contribution in [3.05, 3.63) is 65.4 Å². The van der Waals surface area contributed by atoms with Gasteiger partial charge in [-0.25, -0.2) is 0 Å². The van der Waals surface area contributed by atoms with Gasteiger partial charge < -0.3 is 15.5 Å². The summed E-state index contributed by atoms with van der Waals surface area (Å²) in [4.78, 5) is 3.35. The highest BCUT2D eigenvalue weighted by atomic mass is 16.5. The summed E-state index contributed by atoms with van der Waals surface area (Å²) in [6, 6.07) is 14.9. The molecule has 3 rings (SSSR count). The van der Waals surface area contributed by atoms with Crippen LogP contribution in [0, 0.1) is 6.92 Å². The second-order valence-electron chi connectivity index (χ2n) is 6.37. The van der Waals surface area contributed by atoms with E-state index in [0.29, 0.717) is 12.5 Å². The number of benzene rings is 2. The van der Waals surface area contributed by atoms with E-state index >= 15 is 0 Å². The van der Waals surface area contributed by atoms with Gasteiger partial charge in [-0.05, 0) is 55.1 Å². The molecule has 0 spiro atoms. The number of ether oxygens (including phenoxy) is 1. The molecule has 0 saturated carbocycles. The predicted molar refractivity (Wildman–Crippen MR) is 101 cm³/mol. The van der Waals surface area contributed by atoms with E-state index in [4.69, 9.17) is 10.5 Å². The number of hydrogen-bond donors (Lipinski definition) is 2. The first kappa shape index (κ1) is 16.6. The Morgan fingerprint density at radius 2 is 2.00 bits per heavy atom. The van der Waals surface area contributed by atoms with Gasteiger partial charge in [-0.3, -0.25) is 0 Å². The maximum absolute atomic E-state index is 6.09. The highest BCUT2D eigenvalue weighted by Gasteiger charge is 2.14. The van der Waals surface area contributed by atoms with Gasteiger partial charge in [0, 0.05) is 23.0 Å². The van der Waals surface area contributed by atoms with E-state index in [9.17, 15) is 0 Å². The fourth-order valence-electron chi connectivity index (χ4n) is 3.20. The van der Waals surface area contributed by atoms with Crippen LogP contribution in [0.15, 0.2) is 48.7 Å². The molecule has 24 heavy (non-hydrogen) atoms. The van der Waals surface area contributed by atoms with Gasteiger partial charge in [-0.1, -0.05) is 37.3 Å². The number of nitrogens with two attached hydrogens (primary N) is 1. The maximum atomic E-state index is 6.09.